The van der Waals surface area contributed by atoms with Crippen LogP contribution in [-0.2, 0) is 11.3 Å². The maximum atomic E-state index is 12.4. The second-order valence-electron chi connectivity index (χ2n) is 11.0. The van der Waals surface area contributed by atoms with E-state index < -0.39 is 0 Å². The third-order valence-corrected chi connectivity index (χ3v) is 8.44. The molecule has 4 aliphatic carbocycles. The molecule has 3 N–H and O–H groups in total. The van der Waals surface area contributed by atoms with Gasteiger partial charge in [0.2, 0.25) is 5.95 Å². The maximum Gasteiger partial charge on any atom is 0.412 e. The first kappa shape index (κ1) is 25.0. The van der Waals surface area contributed by atoms with E-state index in [2.05, 4.69) is 37.0 Å². The fourth-order valence-electron chi connectivity index (χ4n) is 6.85. The highest BCUT2D eigenvalue weighted by Gasteiger charge is 2.55. The van der Waals surface area contributed by atoms with E-state index in [0.29, 0.717) is 47.4 Å². The van der Waals surface area contributed by atoms with Gasteiger partial charge in [-0.25, -0.2) is 9.78 Å². The lowest BCUT2D eigenvalue weighted by Gasteiger charge is -2.60. The number of aryl methyl sites for hydroxylation is 1. The van der Waals surface area contributed by atoms with Crippen LogP contribution in [-0.4, -0.2) is 33.6 Å². The molecule has 0 aromatic carbocycles. The molecule has 37 heavy (non-hydrogen) atoms. The van der Waals surface area contributed by atoms with Gasteiger partial charge in [-0.15, -0.1) is 0 Å². The molecule has 4 bridgehead atoms. The van der Waals surface area contributed by atoms with Gasteiger partial charge in [0.1, 0.15) is 23.2 Å². The van der Waals surface area contributed by atoms with Crippen LogP contribution in [0.2, 0.25) is 0 Å². The van der Waals surface area contributed by atoms with Crippen LogP contribution < -0.4 is 16.0 Å². The number of pyridine rings is 1. The lowest BCUT2D eigenvalue weighted by atomic mass is 9.48. The van der Waals surface area contributed by atoms with E-state index in [4.69, 9.17) is 4.74 Å². The standard InChI is InChI=1S/C28H35N7O2/c1-4-17(2)37-27(36)34-24-21-8-19-9-22(24)12-28(10-19,11-21)16-33-25-23(13-29)15-32-26(35-25)31-14-20-6-5-7-30-18(20)3/h4-7,15,19,21-22,24H,8-12,14,16H2,1-3H3,(H,34,36)(H2,31,32,33,35)/b17-4-/t19?,21-,22+,24-,28-. The van der Waals surface area contributed by atoms with E-state index >= 15 is 0 Å². The zero-order chi connectivity index (χ0) is 26.0. The Morgan fingerprint density at radius 2 is 2.03 bits per heavy atom. The molecule has 4 fully saturated rings. The number of carbonyl (C=O) groups is 1. The van der Waals surface area contributed by atoms with Crippen LogP contribution in [0, 0.1) is 41.4 Å². The number of nitrogens with one attached hydrogen (secondary N) is 3. The van der Waals surface area contributed by atoms with Gasteiger partial charge >= 0.3 is 6.09 Å². The molecule has 1 amide bonds. The van der Waals surface area contributed by atoms with Gasteiger partial charge in [0.25, 0.3) is 0 Å². The summed E-state index contributed by atoms with van der Waals surface area (Å²) in [4.78, 5) is 25.7. The fourth-order valence-corrected chi connectivity index (χ4v) is 6.85. The SMILES string of the molecule is C/C=C(/C)OC(=O)N[C@@H]1[C@@H]2CC3C[C@H]1C[C@@](CNc1nc(NCc4cccnc4C)ncc1C#N)(C3)C2. The summed E-state index contributed by atoms with van der Waals surface area (Å²) in [6.07, 6.45) is 10.4. The monoisotopic (exact) mass is 501 g/mol. The van der Waals surface area contributed by atoms with Crippen molar-refractivity contribution in [2.75, 3.05) is 17.2 Å². The molecule has 2 heterocycles. The molecule has 1 unspecified atom stereocenters. The number of aromatic nitrogens is 3. The number of carbonyl (C=O) groups excluding carboxylic acids is 1. The zero-order valence-electron chi connectivity index (χ0n) is 21.8. The van der Waals surface area contributed by atoms with E-state index in [1.807, 2.05) is 26.0 Å². The topological polar surface area (TPSA) is 125 Å². The maximum absolute atomic E-state index is 12.4. The van der Waals surface area contributed by atoms with Crippen molar-refractivity contribution in [3.05, 3.63) is 53.2 Å². The van der Waals surface area contributed by atoms with E-state index in [9.17, 15) is 10.1 Å². The molecule has 5 atom stereocenters. The molecule has 0 saturated heterocycles. The normalized spacial score (nSPS) is 27.9. The molecule has 9 heteroatoms. The van der Waals surface area contributed by atoms with E-state index in [-0.39, 0.29) is 17.6 Å². The van der Waals surface area contributed by atoms with Crippen LogP contribution in [0.3, 0.4) is 0 Å². The zero-order valence-corrected chi connectivity index (χ0v) is 21.8. The Morgan fingerprint density at radius 3 is 2.73 bits per heavy atom. The van der Waals surface area contributed by atoms with Gasteiger partial charge in [0, 0.05) is 31.0 Å². The smallest absolute Gasteiger partial charge is 0.412 e. The summed E-state index contributed by atoms with van der Waals surface area (Å²) in [6.45, 7) is 6.95. The van der Waals surface area contributed by atoms with Crippen molar-refractivity contribution in [1.82, 2.24) is 20.3 Å². The minimum atomic E-state index is -0.346. The third-order valence-electron chi connectivity index (χ3n) is 8.44. The van der Waals surface area contributed by atoms with Crippen LogP contribution in [0.25, 0.3) is 0 Å². The highest BCUT2D eigenvalue weighted by Crippen LogP contribution is 2.60. The molecule has 2 aromatic rings. The number of ether oxygens (including phenoxy) is 1. The number of amides is 1. The van der Waals surface area contributed by atoms with Crippen molar-refractivity contribution >= 4 is 17.9 Å². The fraction of sp³-hybridized carbons (Fsp3) is 0.536. The van der Waals surface area contributed by atoms with Gasteiger partial charge in [0.15, 0.2) is 0 Å². The number of hydrogen-bond acceptors (Lipinski definition) is 8. The molecule has 6 rings (SSSR count). The molecule has 4 saturated carbocycles. The minimum absolute atomic E-state index is 0.149. The Morgan fingerprint density at radius 1 is 1.24 bits per heavy atom. The highest BCUT2D eigenvalue weighted by atomic mass is 16.6. The first-order valence-corrected chi connectivity index (χ1v) is 13.1. The highest BCUT2D eigenvalue weighted by molar-refractivity contribution is 5.69. The molecule has 0 aliphatic heterocycles. The number of rotatable bonds is 8. The number of anilines is 2. The summed E-state index contributed by atoms with van der Waals surface area (Å²) in [7, 11) is 0. The van der Waals surface area contributed by atoms with Gasteiger partial charge in [-0.05, 0) is 93.7 Å². The first-order chi connectivity index (χ1) is 17.9. The molecule has 0 radical (unpaired) electrons. The van der Waals surface area contributed by atoms with Gasteiger partial charge in [0.05, 0.1) is 6.20 Å². The Balaban J connectivity index is 1.24. The Labute approximate surface area is 218 Å². The van der Waals surface area contributed by atoms with Crippen LogP contribution in [0.5, 0.6) is 0 Å². The average Bonchev–Trinajstić information content (AvgIpc) is 2.88. The van der Waals surface area contributed by atoms with Crippen LogP contribution in [0.1, 0.15) is 62.8 Å². The van der Waals surface area contributed by atoms with E-state index in [1.54, 1.807) is 25.4 Å². The van der Waals surface area contributed by atoms with Gasteiger partial charge in [-0.3, -0.25) is 4.98 Å². The predicted molar refractivity (Wildman–Crippen MR) is 140 cm³/mol. The lowest BCUT2D eigenvalue weighted by Crippen LogP contribution is -2.60. The minimum Gasteiger partial charge on any atom is -0.416 e. The Hall–Kier alpha value is -3.67. The van der Waals surface area contributed by atoms with Gasteiger partial charge in [-0.2, -0.15) is 10.2 Å². The van der Waals surface area contributed by atoms with Crippen molar-refractivity contribution in [1.29, 1.82) is 5.26 Å². The quantitative estimate of drug-likeness (QED) is 0.435. The second kappa shape index (κ2) is 10.4. The third kappa shape index (κ3) is 5.38. The summed E-state index contributed by atoms with van der Waals surface area (Å²) >= 11 is 0. The van der Waals surface area contributed by atoms with Crippen molar-refractivity contribution < 1.29 is 9.53 Å². The van der Waals surface area contributed by atoms with E-state index in [1.165, 1.54) is 6.42 Å². The molecule has 0 spiro atoms. The number of nitrogens with zero attached hydrogens (tertiary/aromatic N) is 4. The summed E-state index contributed by atoms with van der Waals surface area (Å²) in [6, 6.07) is 6.32. The summed E-state index contributed by atoms with van der Waals surface area (Å²) in [5, 5.41) is 19.6. The largest absolute Gasteiger partial charge is 0.416 e. The molecule has 194 valence electrons. The number of nitriles is 1. The Kier molecular flexibility index (Phi) is 7.00. The van der Waals surface area contributed by atoms with Crippen molar-refractivity contribution in [2.24, 2.45) is 23.2 Å². The average molecular weight is 502 g/mol. The lowest BCUT2D eigenvalue weighted by molar-refractivity contribution is -0.0676. The summed E-state index contributed by atoms with van der Waals surface area (Å²) in [5.74, 6) is 3.25. The predicted octanol–water partition coefficient (Wildman–Crippen LogP) is 4.92. The molecule has 2 aromatic heterocycles. The van der Waals surface area contributed by atoms with E-state index in [0.717, 1.165) is 43.5 Å². The summed E-state index contributed by atoms with van der Waals surface area (Å²) < 4.78 is 5.37. The van der Waals surface area contributed by atoms with Crippen molar-refractivity contribution in [2.45, 2.75) is 65.5 Å². The number of alkyl carbamates (subject to hydrolysis) is 1. The van der Waals surface area contributed by atoms with Gasteiger partial charge in [-0.1, -0.05) is 6.07 Å². The van der Waals surface area contributed by atoms with Crippen molar-refractivity contribution in [3.63, 3.8) is 0 Å². The van der Waals surface area contributed by atoms with Crippen LogP contribution in [0.15, 0.2) is 36.4 Å². The molecular formula is C28H35N7O2. The van der Waals surface area contributed by atoms with Gasteiger partial charge < -0.3 is 20.7 Å². The number of hydrogen-bond donors (Lipinski definition) is 3. The second-order valence-corrected chi connectivity index (χ2v) is 11.0. The molecular weight excluding hydrogens is 466 g/mol. The van der Waals surface area contributed by atoms with Crippen molar-refractivity contribution in [3.8, 4) is 6.07 Å². The Bertz CT molecular complexity index is 1220. The van der Waals surface area contributed by atoms with Crippen LogP contribution >= 0.6 is 0 Å². The molecule has 9 nitrogen and oxygen atoms in total. The number of allylic oxidation sites excluding steroid dienone is 2. The molecule has 4 aliphatic rings. The summed E-state index contributed by atoms with van der Waals surface area (Å²) in [5.41, 5.74) is 2.62. The first-order valence-electron chi connectivity index (χ1n) is 13.1. The van der Waals surface area contributed by atoms with Crippen LogP contribution in [0.4, 0.5) is 16.6 Å².